The van der Waals surface area contributed by atoms with E-state index in [4.69, 9.17) is 4.43 Å². The molecule has 0 atom stereocenters. The Morgan fingerprint density at radius 2 is 1.47 bits per heavy atom. The summed E-state index contributed by atoms with van der Waals surface area (Å²) in [6.07, 6.45) is 7.74. The molecule has 0 bridgehead atoms. The highest BCUT2D eigenvalue weighted by atomic mass is 28.4. The molecule has 2 nitrogen and oxygen atoms in total. The van der Waals surface area contributed by atoms with Gasteiger partial charge in [-0.25, -0.2) is 0 Å². The second-order valence-corrected chi connectivity index (χ2v) is 11.2. The van der Waals surface area contributed by atoms with Crippen LogP contribution in [-0.2, 0) is 9.22 Å². The van der Waals surface area contributed by atoms with Crippen molar-refractivity contribution in [2.24, 2.45) is 0 Å². The number of hydrogen-bond donors (Lipinski definition) is 0. The van der Waals surface area contributed by atoms with Gasteiger partial charge in [-0.1, -0.05) is 73.1 Å². The fraction of sp³-hybridized carbons (Fsp3) is 0.875. The lowest BCUT2D eigenvalue weighted by molar-refractivity contribution is -0.130. The molecule has 0 aliphatic heterocycles. The van der Waals surface area contributed by atoms with Crippen LogP contribution in [-0.4, -0.2) is 14.3 Å². The fourth-order valence-electron chi connectivity index (χ4n) is 2.92. The minimum atomic E-state index is -1.99. The lowest BCUT2D eigenvalue weighted by Gasteiger charge is -2.37. The molecule has 0 aliphatic rings. The average Bonchev–Trinajstić information content (AvgIpc) is 2.30. The zero-order valence-corrected chi connectivity index (χ0v) is 14.6. The standard InChI is InChI=1S/C16H33O2Si/c1-7-8-9-10-11-12-13-19(14(2)3,15(4)5)18-16(6)17/h14-15H,6-13H2,1-5H3. The van der Waals surface area contributed by atoms with Crippen LogP contribution in [0.15, 0.2) is 0 Å². The topological polar surface area (TPSA) is 26.3 Å². The molecule has 113 valence electrons. The lowest BCUT2D eigenvalue weighted by atomic mass is 10.1. The number of rotatable bonds is 10. The minimum Gasteiger partial charge on any atom is -0.518 e. The van der Waals surface area contributed by atoms with E-state index in [-0.39, 0.29) is 5.97 Å². The summed E-state index contributed by atoms with van der Waals surface area (Å²) in [4.78, 5) is 11.3. The third kappa shape index (κ3) is 6.60. The summed E-state index contributed by atoms with van der Waals surface area (Å²) in [6.45, 7) is 14.5. The third-order valence-electron chi connectivity index (χ3n) is 4.18. The first-order valence-electron chi connectivity index (χ1n) is 7.91. The van der Waals surface area contributed by atoms with E-state index < -0.39 is 8.32 Å². The molecule has 0 saturated carbocycles. The van der Waals surface area contributed by atoms with Crippen LogP contribution in [0.1, 0.15) is 73.1 Å². The molecular formula is C16H33O2Si. The van der Waals surface area contributed by atoms with Gasteiger partial charge < -0.3 is 4.43 Å². The van der Waals surface area contributed by atoms with Gasteiger partial charge in [0.05, 0.1) is 6.92 Å². The minimum absolute atomic E-state index is 0.333. The highest BCUT2D eigenvalue weighted by Crippen LogP contribution is 2.38. The highest BCUT2D eigenvalue weighted by Gasteiger charge is 2.44. The van der Waals surface area contributed by atoms with E-state index in [0.29, 0.717) is 11.1 Å². The zero-order chi connectivity index (χ0) is 14.9. The molecule has 0 N–H and O–H groups in total. The van der Waals surface area contributed by atoms with Crippen molar-refractivity contribution in [2.45, 2.75) is 90.3 Å². The van der Waals surface area contributed by atoms with Crippen molar-refractivity contribution in [1.82, 2.24) is 0 Å². The quantitative estimate of drug-likeness (QED) is 0.392. The second kappa shape index (κ2) is 9.57. The summed E-state index contributed by atoms with van der Waals surface area (Å²) in [5.74, 6) is -0.333. The molecule has 0 fully saturated rings. The van der Waals surface area contributed by atoms with Gasteiger partial charge in [0.1, 0.15) is 0 Å². The van der Waals surface area contributed by atoms with Crippen molar-refractivity contribution in [2.75, 3.05) is 0 Å². The van der Waals surface area contributed by atoms with Crippen LogP contribution < -0.4 is 0 Å². The van der Waals surface area contributed by atoms with Crippen LogP contribution >= 0.6 is 0 Å². The van der Waals surface area contributed by atoms with Gasteiger partial charge in [-0.2, -0.15) is 0 Å². The van der Waals surface area contributed by atoms with Crippen molar-refractivity contribution < 1.29 is 9.22 Å². The average molecular weight is 286 g/mol. The van der Waals surface area contributed by atoms with E-state index in [1.807, 2.05) is 0 Å². The van der Waals surface area contributed by atoms with Crippen LogP contribution in [0, 0.1) is 6.92 Å². The summed E-state index contributed by atoms with van der Waals surface area (Å²) in [7, 11) is -1.99. The molecule has 0 aromatic carbocycles. The molecule has 0 heterocycles. The molecule has 0 aromatic heterocycles. The van der Waals surface area contributed by atoms with Gasteiger partial charge in [-0.05, 0) is 17.1 Å². The highest BCUT2D eigenvalue weighted by molar-refractivity contribution is 6.77. The molecule has 1 radical (unpaired) electrons. The van der Waals surface area contributed by atoms with E-state index in [1.54, 1.807) is 0 Å². The number of hydrogen-bond acceptors (Lipinski definition) is 2. The zero-order valence-electron chi connectivity index (χ0n) is 13.6. The largest absolute Gasteiger partial charge is 0.518 e. The molecule has 3 heteroatoms. The molecule has 0 amide bonds. The van der Waals surface area contributed by atoms with Crippen molar-refractivity contribution >= 4 is 14.3 Å². The Morgan fingerprint density at radius 1 is 1.00 bits per heavy atom. The first-order valence-corrected chi connectivity index (χ1v) is 10.2. The maximum atomic E-state index is 11.3. The van der Waals surface area contributed by atoms with E-state index in [1.165, 1.54) is 38.5 Å². The molecule has 0 rings (SSSR count). The first-order chi connectivity index (χ1) is 8.86. The van der Waals surface area contributed by atoms with E-state index in [0.717, 1.165) is 6.04 Å². The summed E-state index contributed by atoms with van der Waals surface area (Å²) < 4.78 is 5.78. The number of carbonyl (C=O) groups is 1. The van der Waals surface area contributed by atoms with Crippen LogP contribution in [0.5, 0.6) is 0 Å². The van der Waals surface area contributed by atoms with Gasteiger partial charge in [0, 0.05) is 0 Å². The molecule has 0 spiro atoms. The van der Waals surface area contributed by atoms with Gasteiger partial charge in [-0.3, -0.25) is 4.79 Å². The molecule has 0 saturated heterocycles. The fourth-order valence-corrected chi connectivity index (χ4v) is 7.21. The molecule has 0 aromatic rings. The van der Waals surface area contributed by atoms with E-state index in [9.17, 15) is 4.79 Å². The normalized spacial score (nSPS) is 12.2. The monoisotopic (exact) mass is 285 g/mol. The van der Waals surface area contributed by atoms with Gasteiger partial charge >= 0.3 is 0 Å². The first kappa shape index (κ1) is 18.7. The summed E-state index contributed by atoms with van der Waals surface area (Å²) >= 11 is 0. The maximum absolute atomic E-state index is 11.3. The molecule has 0 unspecified atom stereocenters. The van der Waals surface area contributed by atoms with Crippen LogP contribution in [0.4, 0.5) is 0 Å². The van der Waals surface area contributed by atoms with Crippen LogP contribution in [0.3, 0.4) is 0 Å². The predicted molar refractivity (Wildman–Crippen MR) is 85.6 cm³/mol. The van der Waals surface area contributed by atoms with Gasteiger partial charge in [0.25, 0.3) is 14.3 Å². The Hall–Kier alpha value is -0.313. The van der Waals surface area contributed by atoms with Crippen molar-refractivity contribution in [3.8, 4) is 0 Å². The van der Waals surface area contributed by atoms with Gasteiger partial charge in [0.15, 0.2) is 0 Å². The molecule has 0 aliphatic carbocycles. The maximum Gasteiger partial charge on any atom is 0.293 e. The van der Waals surface area contributed by atoms with Crippen LogP contribution in [0.25, 0.3) is 0 Å². The smallest absolute Gasteiger partial charge is 0.293 e. The Labute approximate surface area is 121 Å². The Kier molecular flexibility index (Phi) is 9.41. The Morgan fingerprint density at radius 3 is 1.89 bits per heavy atom. The number of unbranched alkanes of at least 4 members (excludes halogenated alkanes) is 5. The van der Waals surface area contributed by atoms with Crippen molar-refractivity contribution in [3.63, 3.8) is 0 Å². The SMILES string of the molecule is [CH2]C(=O)O[Si](CCCCCCCC)(C(C)C)C(C)C. The molecular weight excluding hydrogens is 252 g/mol. The summed E-state index contributed by atoms with van der Waals surface area (Å²) in [5, 5.41) is 0. The third-order valence-corrected chi connectivity index (χ3v) is 9.83. The van der Waals surface area contributed by atoms with E-state index in [2.05, 4.69) is 41.5 Å². The van der Waals surface area contributed by atoms with E-state index >= 15 is 0 Å². The van der Waals surface area contributed by atoms with Gasteiger partial charge in [0.2, 0.25) is 0 Å². The van der Waals surface area contributed by atoms with Crippen molar-refractivity contribution in [1.29, 1.82) is 0 Å². The summed E-state index contributed by atoms with van der Waals surface area (Å²) in [5.41, 5.74) is 0.933. The van der Waals surface area contributed by atoms with Gasteiger partial charge in [-0.15, -0.1) is 0 Å². The Bertz CT molecular complexity index is 241. The lowest BCUT2D eigenvalue weighted by Crippen LogP contribution is -2.46. The number of carbonyl (C=O) groups excluding carboxylic acids is 1. The van der Waals surface area contributed by atoms with Crippen molar-refractivity contribution in [3.05, 3.63) is 6.92 Å². The predicted octanol–water partition coefficient (Wildman–Crippen LogP) is 5.49. The Balaban J connectivity index is 4.37. The molecule has 19 heavy (non-hydrogen) atoms. The summed E-state index contributed by atoms with van der Waals surface area (Å²) in [6, 6.07) is 1.09. The van der Waals surface area contributed by atoms with Crippen LogP contribution in [0.2, 0.25) is 17.1 Å². The second-order valence-electron chi connectivity index (χ2n) is 6.26.